The van der Waals surface area contributed by atoms with Crippen LogP contribution in [0.5, 0.6) is 0 Å². The van der Waals surface area contributed by atoms with Crippen molar-refractivity contribution in [3.63, 3.8) is 0 Å². The zero-order chi connectivity index (χ0) is 6.85. The van der Waals surface area contributed by atoms with Gasteiger partial charge in [0.25, 0.3) is 0 Å². The van der Waals surface area contributed by atoms with Crippen LogP contribution in [-0.2, 0) is 0 Å². The largest absolute Gasteiger partial charge is 0.246 e. The summed E-state index contributed by atoms with van der Waals surface area (Å²) in [5.74, 6) is -0.278. The Labute approximate surface area is 79.3 Å². The van der Waals surface area contributed by atoms with Crippen LogP contribution in [0.4, 0.5) is 4.39 Å². The molecule has 1 aromatic rings. The van der Waals surface area contributed by atoms with E-state index in [1.54, 1.807) is 0 Å². The highest BCUT2D eigenvalue weighted by atomic mass is 127. The minimum absolute atomic E-state index is 0.278. The number of rotatable bonds is 0. The second kappa shape index (κ2) is 3.09. The summed E-state index contributed by atoms with van der Waals surface area (Å²) in [5.41, 5.74) is 0. The molecule has 0 aliphatic heterocycles. The summed E-state index contributed by atoms with van der Waals surface area (Å²) in [6.45, 7) is 0. The molecule has 0 radical (unpaired) electrons. The lowest BCUT2D eigenvalue weighted by atomic mass is 10.5. The smallest absolute Gasteiger partial charge is 0.142 e. The highest BCUT2D eigenvalue weighted by molar-refractivity contribution is 14.1. The van der Waals surface area contributed by atoms with Gasteiger partial charge in [-0.1, -0.05) is 0 Å². The monoisotopic (exact) mass is 349 g/mol. The molecular formula is C5H2FI2N. The minimum Gasteiger partial charge on any atom is -0.246 e. The number of halogens is 3. The highest BCUT2D eigenvalue weighted by Crippen LogP contribution is 2.12. The van der Waals surface area contributed by atoms with Crippen LogP contribution in [0.3, 0.4) is 0 Å². The molecule has 0 atom stereocenters. The van der Waals surface area contributed by atoms with Crippen LogP contribution in [0.2, 0.25) is 0 Å². The van der Waals surface area contributed by atoms with Crippen molar-refractivity contribution in [2.24, 2.45) is 0 Å². The summed E-state index contributed by atoms with van der Waals surface area (Å²) in [5, 5.41) is 0. The Kier molecular flexibility index (Phi) is 2.62. The van der Waals surface area contributed by atoms with Gasteiger partial charge < -0.3 is 0 Å². The molecule has 0 N–H and O–H groups in total. The summed E-state index contributed by atoms with van der Waals surface area (Å²) in [4.78, 5) is 3.78. The summed E-state index contributed by atoms with van der Waals surface area (Å²) >= 11 is 4.10. The molecule has 0 aliphatic carbocycles. The molecule has 1 rings (SSSR count). The highest BCUT2D eigenvalue weighted by Gasteiger charge is 1.96. The lowest BCUT2D eigenvalue weighted by Crippen LogP contribution is -1.86. The average molecular weight is 349 g/mol. The van der Waals surface area contributed by atoms with E-state index in [-0.39, 0.29) is 5.82 Å². The third-order valence-electron chi connectivity index (χ3n) is 0.763. The number of aromatic nitrogens is 1. The molecule has 0 saturated heterocycles. The molecule has 0 fully saturated rings. The second-order valence-corrected chi connectivity index (χ2v) is 3.61. The molecule has 9 heavy (non-hydrogen) atoms. The lowest BCUT2D eigenvalue weighted by molar-refractivity contribution is 0.619. The van der Waals surface area contributed by atoms with Crippen LogP contribution in [-0.4, -0.2) is 4.98 Å². The van der Waals surface area contributed by atoms with E-state index in [0.29, 0.717) is 0 Å². The van der Waals surface area contributed by atoms with Crippen molar-refractivity contribution in [1.82, 2.24) is 4.98 Å². The molecular weight excluding hydrogens is 347 g/mol. The zero-order valence-electron chi connectivity index (χ0n) is 4.24. The first-order chi connectivity index (χ1) is 4.20. The lowest BCUT2D eigenvalue weighted by Gasteiger charge is -1.91. The van der Waals surface area contributed by atoms with Gasteiger partial charge in [-0.25, -0.2) is 9.37 Å². The Morgan fingerprint density at radius 1 is 1.44 bits per heavy atom. The maximum absolute atomic E-state index is 12.3. The van der Waals surface area contributed by atoms with E-state index in [1.165, 1.54) is 12.3 Å². The van der Waals surface area contributed by atoms with Gasteiger partial charge in [0.1, 0.15) is 9.52 Å². The number of pyridine rings is 1. The average Bonchev–Trinajstić information content (AvgIpc) is 1.80. The molecule has 1 nitrogen and oxygen atoms in total. The molecule has 1 aromatic heterocycles. The number of hydrogen-bond donors (Lipinski definition) is 0. The summed E-state index contributed by atoms with van der Waals surface area (Å²) in [7, 11) is 0. The molecule has 0 spiro atoms. The molecule has 0 bridgehead atoms. The van der Waals surface area contributed by atoms with E-state index in [9.17, 15) is 4.39 Å². The van der Waals surface area contributed by atoms with Crippen LogP contribution in [0, 0.1) is 13.1 Å². The van der Waals surface area contributed by atoms with Crippen molar-refractivity contribution in [3.8, 4) is 0 Å². The molecule has 0 saturated carbocycles. The van der Waals surface area contributed by atoms with Crippen LogP contribution in [0.25, 0.3) is 0 Å². The van der Waals surface area contributed by atoms with Gasteiger partial charge in [-0.05, 0) is 51.2 Å². The molecule has 4 heteroatoms. The summed E-state index contributed by atoms with van der Waals surface area (Å²) in [6, 6.07) is 1.45. The van der Waals surface area contributed by atoms with E-state index in [1.807, 2.05) is 22.6 Å². The fourth-order valence-electron chi connectivity index (χ4n) is 0.398. The van der Waals surface area contributed by atoms with Crippen LogP contribution in [0.1, 0.15) is 0 Å². The van der Waals surface area contributed by atoms with Crippen molar-refractivity contribution in [1.29, 1.82) is 0 Å². The first kappa shape index (κ1) is 7.64. The maximum Gasteiger partial charge on any atom is 0.142 e. The van der Waals surface area contributed by atoms with Gasteiger partial charge in [-0.2, -0.15) is 0 Å². The van der Waals surface area contributed by atoms with Gasteiger partial charge in [0.15, 0.2) is 0 Å². The van der Waals surface area contributed by atoms with E-state index < -0.39 is 0 Å². The van der Waals surface area contributed by atoms with Gasteiger partial charge in [0.05, 0.1) is 6.20 Å². The standard InChI is InChI=1S/C5H2FI2N/c6-3-1-4(7)5(8)9-2-3/h1-2H. The zero-order valence-corrected chi connectivity index (χ0v) is 8.55. The van der Waals surface area contributed by atoms with Crippen molar-refractivity contribution in [2.75, 3.05) is 0 Å². The van der Waals surface area contributed by atoms with Gasteiger partial charge in [-0.3, -0.25) is 0 Å². The van der Waals surface area contributed by atoms with Crippen molar-refractivity contribution in [3.05, 3.63) is 25.4 Å². The van der Waals surface area contributed by atoms with Gasteiger partial charge in [0.2, 0.25) is 0 Å². The fourth-order valence-corrected chi connectivity index (χ4v) is 1.13. The third kappa shape index (κ3) is 1.99. The molecule has 0 aromatic carbocycles. The Bertz CT molecular complexity index is 226. The predicted octanol–water partition coefficient (Wildman–Crippen LogP) is 2.43. The maximum atomic E-state index is 12.3. The predicted molar refractivity (Wildman–Crippen MR) is 49.6 cm³/mol. The fraction of sp³-hybridized carbons (Fsp3) is 0. The van der Waals surface area contributed by atoms with Crippen molar-refractivity contribution < 1.29 is 4.39 Å². The van der Waals surface area contributed by atoms with Crippen LogP contribution >= 0.6 is 45.2 Å². The normalized spacial score (nSPS) is 9.67. The van der Waals surface area contributed by atoms with Crippen molar-refractivity contribution >= 4 is 45.2 Å². The van der Waals surface area contributed by atoms with Crippen LogP contribution < -0.4 is 0 Å². The minimum atomic E-state index is -0.278. The topological polar surface area (TPSA) is 12.9 Å². The van der Waals surface area contributed by atoms with Gasteiger partial charge >= 0.3 is 0 Å². The number of nitrogens with zero attached hydrogens (tertiary/aromatic N) is 1. The van der Waals surface area contributed by atoms with E-state index in [2.05, 4.69) is 27.6 Å². The summed E-state index contributed by atoms with van der Waals surface area (Å²) < 4.78 is 14.0. The molecule has 48 valence electrons. The number of hydrogen-bond acceptors (Lipinski definition) is 1. The van der Waals surface area contributed by atoms with Gasteiger partial charge in [-0.15, -0.1) is 0 Å². The van der Waals surface area contributed by atoms with E-state index in [0.717, 1.165) is 7.27 Å². The molecule has 0 unspecified atom stereocenters. The third-order valence-corrected chi connectivity index (χ3v) is 3.48. The first-order valence-electron chi connectivity index (χ1n) is 2.16. The quantitative estimate of drug-likeness (QED) is 0.518. The Balaban J connectivity index is 3.17. The molecule has 1 heterocycles. The SMILES string of the molecule is Fc1cnc(I)c(I)c1. The second-order valence-electron chi connectivity index (χ2n) is 1.43. The van der Waals surface area contributed by atoms with Crippen LogP contribution in [0.15, 0.2) is 12.3 Å². The Morgan fingerprint density at radius 2 is 2.11 bits per heavy atom. The molecule has 0 aliphatic rings. The summed E-state index contributed by atoms with van der Waals surface area (Å²) in [6.07, 6.45) is 1.21. The first-order valence-corrected chi connectivity index (χ1v) is 4.32. The van der Waals surface area contributed by atoms with E-state index >= 15 is 0 Å². The molecule has 0 amide bonds. The van der Waals surface area contributed by atoms with E-state index in [4.69, 9.17) is 0 Å². The van der Waals surface area contributed by atoms with Gasteiger partial charge in [0, 0.05) is 3.57 Å². The Hall–Kier alpha value is 0.540. The Morgan fingerprint density at radius 3 is 2.56 bits per heavy atom. The van der Waals surface area contributed by atoms with Crippen molar-refractivity contribution in [2.45, 2.75) is 0 Å².